The van der Waals surface area contributed by atoms with E-state index >= 15 is 0 Å². The quantitative estimate of drug-likeness (QED) is 0.0460. The number of benzene rings is 4. The molecule has 0 spiro atoms. The summed E-state index contributed by atoms with van der Waals surface area (Å²) in [5.41, 5.74) is 2.00. The predicted molar refractivity (Wildman–Crippen MR) is 257 cm³/mol. The number of para-hydroxylation sites is 2. The Hall–Kier alpha value is -7.76. The highest BCUT2D eigenvalue weighted by Crippen LogP contribution is 2.26. The fourth-order valence-electron chi connectivity index (χ4n) is 7.16. The first kappa shape index (κ1) is 49.7. The monoisotopic (exact) mass is 932 g/mol. The van der Waals surface area contributed by atoms with Crippen molar-refractivity contribution in [3.63, 3.8) is 0 Å². The summed E-state index contributed by atoms with van der Waals surface area (Å²) in [7, 11) is 0. The molecule has 18 heteroatoms. The van der Waals surface area contributed by atoms with Gasteiger partial charge < -0.3 is 60.8 Å². The third-order valence-electron chi connectivity index (χ3n) is 10.2. The average Bonchev–Trinajstić information content (AvgIpc) is 3.89. The molecule has 2 atom stereocenters. The maximum absolute atomic E-state index is 13.3. The number of aromatic amines is 2. The van der Waals surface area contributed by atoms with Gasteiger partial charge in [0.25, 0.3) is 11.8 Å². The van der Waals surface area contributed by atoms with Crippen LogP contribution in [0.2, 0.25) is 0 Å². The maximum Gasteiger partial charge on any atom is 0.408 e. The molecule has 0 aliphatic rings. The van der Waals surface area contributed by atoms with Gasteiger partial charge >= 0.3 is 12.2 Å². The topological polar surface area (TPSA) is 243 Å². The highest BCUT2D eigenvalue weighted by molar-refractivity contribution is 5.90. The Labute approximate surface area is 393 Å². The van der Waals surface area contributed by atoms with Crippen molar-refractivity contribution in [1.29, 1.82) is 0 Å². The summed E-state index contributed by atoms with van der Waals surface area (Å²) in [5, 5.41) is 19.9. The number of carbonyl (C=O) groups is 6. The largest absolute Gasteiger partial charge is 0.484 e. The van der Waals surface area contributed by atoms with E-state index in [2.05, 4.69) is 41.9 Å². The molecule has 0 unspecified atom stereocenters. The average molecular weight is 933 g/mol. The number of carbonyl (C=O) groups excluding carboxylic acids is 6. The van der Waals surface area contributed by atoms with Crippen molar-refractivity contribution < 1.29 is 47.7 Å². The maximum atomic E-state index is 13.3. The summed E-state index contributed by atoms with van der Waals surface area (Å²) in [4.78, 5) is 83.6. The molecule has 0 saturated heterocycles. The zero-order chi connectivity index (χ0) is 48.8. The van der Waals surface area contributed by atoms with Crippen LogP contribution >= 0.6 is 0 Å². The second-order valence-corrected chi connectivity index (χ2v) is 18.1. The molecule has 0 radical (unpaired) electrons. The molecule has 0 aliphatic carbocycles. The van der Waals surface area contributed by atoms with Gasteiger partial charge in [-0.15, -0.1) is 0 Å². The minimum absolute atomic E-state index is 0.0981. The van der Waals surface area contributed by atoms with Gasteiger partial charge in [-0.25, -0.2) is 9.59 Å². The number of hydrogen-bond acceptors (Lipinski definition) is 10. The number of amides is 6. The van der Waals surface area contributed by atoms with Crippen LogP contribution in [0.5, 0.6) is 11.5 Å². The molecule has 360 valence electrons. The van der Waals surface area contributed by atoms with E-state index < -0.39 is 59.1 Å². The highest BCUT2D eigenvalue weighted by Gasteiger charge is 2.27. The molecule has 18 nitrogen and oxygen atoms in total. The van der Waals surface area contributed by atoms with Crippen LogP contribution in [0.1, 0.15) is 52.7 Å². The fraction of sp³-hybridized carbons (Fsp3) is 0.360. The molecule has 4 aromatic carbocycles. The molecule has 0 bridgehead atoms. The van der Waals surface area contributed by atoms with Crippen molar-refractivity contribution in [2.24, 2.45) is 0 Å². The van der Waals surface area contributed by atoms with Crippen molar-refractivity contribution >= 4 is 68.4 Å². The number of H-pyrrole nitrogens is 2. The lowest BCUT2D eigenvalue weighted by molar-refractivity contribution is -0.124. The van der Waals surface area contributed by atoms with Gasteiger partial charge in [-0.05, 0) is 99.8 Å². The molecular formula is C50H60N8O10. The van der Waals surface area contributed by atoms with Crippen LogP contribution in [0.4, 0.5) is 9.59 Å². The number of fused-ring (bicyclic) bond motifs is 3. The van der Waals surface area contributed by atoms with Crippen LogP contribution in [0.15, 0.2) is 97.3 Å². The molecule has 8 N–H and O–H groups in total. The van der Waals surface area contributed by atoms with Crippen LogP contribution in [0.25, 0.3) is 32.6 Å². The molecule has 6 aromatic rings. The van der Waals surface area contributed by atoms with Gasteiger partial charge in [0.15, 0.2) is 13.2 Å². The predicted octanol–water partition coefficient (Wildman–Crippen LogP) is 5.30. The van der Waals surface area contributed by atoms with E-state index in [9.17, 15) is 28.8 Å². The van der Waals surface area contributed by atoms with Gasteiger partial charge in [-0.1, -0.05) is 48.5 Å². The first-order valence-electron chi connectivity index (χ1n) is 22.4. The minimum Gasteiger partial charge on any atom is -0.484 e. The van der Waals surface area contributed by atoms with Crippen molar-refractivity contribution in [1.82, 2.24) is 41.9 Å². The Morgan fingerprint density at radius 1 is 0.515 bits per heavy atom. The van der Waals surface area contributed by atoms with Gasteiger partial charge in [0, 0.05) is 73.2 Å². The van der Waals surface area contributed by atoms with E-state index in [-0.39, 0.29) is 52.2 Å². The van der Waals surface area contributed by atoms with Crippen LogP contribution in [0, 0.1) is 0 Å². The first-order valence-corrected chi connectivity index (χ1v) is 22.4. The zero-order valence-electron chi connectivity index (χ0n) is 39.1. The number of hydrogen-bond donors (Lipinski definition) is 8. The summed E-state index contributed by atoms with van der Waals surface area (Å²) in [6.45, 7) is 10.3. The Bertz CT molecular complexity index is 2550. The molecule has 68 heavy (non-hydrogen) atoms. The lowest BCUT2D eigenvalue weighted by atomic mass is 10.0. The third-order valence-corrected chi connectivity index (χ3v) is 10.2. The molecule has 0 aliphatic heterocycles. The van der Waals surface area contributed by atoms with E-state index in [1.807, 2.05) is 60.7 Å². The summed E-state index contributed by atoms with van der Waals surface area (Å²) in [5.74, 6) is -0.843. The Balaban J connectivity index is 0.916. The first-order chi connectivity index (χ1) is 32.4. The summed E-state index contributed by atoms with van der Waals surface area (Å²) in [6.07, 6.45) is 2.59. The Morgan fingerprint density at radius 3 is 1.32 bits per heavy atom. The third kappa shape index (κ3) is 15.1. The minimum atomic E-state index is -0.940. The van der Waals surface area contributed by atoms with Crippen LogP contribution in [0.3, 0.4) is 0 Å². The Kier molecular flexibility index (Phi) is 16.5. The number of nitrogens with one attached hydrogen (secondary N) is 8. The van der Waals surface area contributed by atoms with Gasteiger partial charge in [-0.3, -0.25) is 19.2 Å². The highest BCUT2D eigenvalue weighted by atomic mass is 16.6. The van der Waals surface area contributed by atoms with Crippen molar-refractivity contribution in [2.75, 3.05) is 39.4 Å². The second kappa shape index (κ2) is 22.6. The lowest BCUT2D eigenvalue weighted by Gasteiger charge is -2.23. The van der Waals surface area contributed by atoms with Crippen molar-refractivity contribution in [3.05, 3.63) is 108 Å². The van der Waals surface area contributed by atoms with Gasteiger partial charge in [0.2, 0.25) is 11.8 Å². The lowest BCUT2D eigenvalue weighted by Crippen LogP contribution is -2.50. The van der Waals surface area contributed by atoms with E-state index in [1.165, 1.54) is 0 Å². The summed E-state index contributed by atoms with van der Waals surface area (Å²) < 4.78 is 22.3. The number of rotatable bonds is 20. The standard InChI is InChI=1S/C50H60N8O10/c1-49(2,3)67-47(63)57-41(25-33-27-55-39-13-9-7-11-37(33)39)45(61)53-21-19-51-43(59)29-65-35-17-15-31-16-18-36(24-32(31)23-35)66-30-44(60)52-20-22-54-46(62)42(58-48(64)68-50(4,5)6)26-34-28-56-40-14-10-8-12-38(34)40/h7-18,23-24,27-28,41-42,55-56H,19-22,25-26,29-30H2,1-6H3,(H,51,59)(H,52,60)(H,53,61)(H,54,62)(H,57,63)(H,58,64)/t41-,42-/m0/s1. The van der Waals surface area contributed by atoms with Gasteiger partial charge in [0.05, 0.1) is 0 Å². The van der Waals surface area contributed by atoms with Crippen LogP contribution < -0.4 is 41.4 Å². The normalized spacial score (nSPS) is 12.4. The fourth-order valence-corrected chi connectivity index (χ4v) is 7.16. The smallest absolute Gasteiger partial charge is 0.408 e. The van der Waals surface area contributed by atoms with Crippen LogP contribution in [-0.4, -0.2) is 108 Å². The molecule has 6 amide bonds. The molecular weight excluding hydrogens is 873 g/mol. The SMILES string of the molecule is CC(C)(C)OC(=O)N[C@@H](Cc1c[nH]c2ccccc12)C(=O)NCCNC(=O)COc1ccc2ccc(OCC(=O)NCCNC(=O)[C@H](Cc3c[nH]c4ccccc34)NC(=O)OC(C)(C)C)cc2c1. The molecule has 2 heterocycles. The zero-order valence-corrected chi connectivity index (χ0v) is 39.1. The van der Waals surface area contributed by atoms with Gasteiger partial charge in [-0.2, -0.15) is 0 Å². The van der Waals surface area contributed by atoms with Gasteiger partial charge in [0.1, 0.15) is 34.8 Å². The van der Waals surface area contributed by atoms with E-state index in [0.717, 1.165) is 43.7 Å². The van der Waals surface area contributed by atoms with E-state index in [4.69, 9.17) is 18.9 Å². The second-order valence-electron chi connectivity index (χ2n) is 18.1. The van der Waals surface area contributed by atoms with E-state index in [1.54, 1.807) is 78.2 Å². The number of alkyl carbamates (subject to hydrolysis) is 2. The molecule has 2 aromatic heterocycles. The molecule has 0 saturated carbocycles. The van der Waals surface area contributed by atoms with Crippen molar-refractivity contribution in [2.45, 2.75) is 77.7 Å². The van der Waals surface area contributed by atoms with E-state index in [0.29, 0.717) is 11.5 Å². The summed E-state index contributed by atoms with van der Waals surface area (Å²) in [6, 6.07) is 24.0. The summed E-state index contributed by atoms with van der Waals surface area (Å²) >= 11 is 0. The van der Waals surface area contributed by atoms with Crippen molar-refractivity contribution in [3.8, 4) is 11.5 Å². The van der Waals surface area contributed by atoms with Crippen LogP contribution in [-0.2, 0) is 41.5 Å². The number of ether oxygens (including phenoxy) is 4. The number of aromatic nitrogens is 2. The molecule has 0 fully saturated rings. The molecule has 6 rings (SSSR count). The Morgan fingerprint density at radius 2 is 0.912 bits per heavy atom.